The van der Waals surface area contributed by atoms with Gasteiger partial charge in [0.25, 0.3) is 0 Å². The van der Waals surface area contributed by atoms with Crippen molar-refractivity contribution in [3.05, 3.63) is 28.2 Å². The summed E-state index contributed by atoms with van der Waals surface area (Å²) >= 11 is 5.11. The number of methoxy groups -OCH3 is 1. The highest BCUT2D eigenvalue weighted by Gasteiger charge is 2.44. The lowest BCUT2D eigenvalue weighted by Crippen LogP contribution is -2.12. The SMILES string of the molecule is COC(=O)CC1(CSc2ccc(C#N)c(Br)c2)CC1. The number of halogens is 1. The van der Waals surface area contributed by atoms with Crippen molar-refractivity contribution in [3.8, 4) is 6.07 Å². The summed E-state index contributed by atoms with van der Waals surface area (Å²) < 4.78 is 5.55. The number of ether oxygens (including phenoxy) is 1. The molecular weight excluding hydrogens is 326 g/mol. The van der Waals surface area contributed by atoms with Crippen LogP contribution in [0.5, 0.6) is 0 Å². The molecule has 0 radical (unpaired) electrons. The van der Waals surface area contributed by atoms with Crippen molar-refractivity contribution in [3.63, 3.8) is 0 Å². The Hall–Kier alpha value is -0.990. The van der Waals surface area contributed by atoms with Crippen molar-refractivity contribution >= 4 is 33.7 Å². The molecule has 1 aliphatic rings. The van der Waals surface area contributed by atoms with Crippen molar-refractivity contribution in [1.82, 2.24) is 0 Å². The van der Waals surface area contributed by atoms with E-state index < -0.39 is 0 Å². The highest BCUT2D eigenvalue weighted by molar-refractivity contribution is 9.10. The van der Waals surface area contributed by atoms with Crippen LogP contribution in [-0.2, 0) is 9.53 Å². The number of hydrogen-bond acceptors (Lipinski definition) is 4. The maximum Gasteiger partial charge on any atom is 0.306 e. The average Bonchev–Trinajstić information content (AvgIpc) is 3.16. The van der Waals surface area contributed by atoms with E-state index in [4.69, 9.17) is 10.00 Å². The van der Waals surface area contributed by atoms with Gasteiger partial charge in [0.1, 0.15) is 6.07 Å². The van der Waals surface area contributed by atoms with E-state index in [9.17, 15) is 4.79 Å². The second-order valence-electron chi connectivity index (χ2n) is 4.80. The quantitative estimate of drug-likeness (QED) is 0.605. The van der Waals surface area contributed by atoms with Crippen molar-refractivity contribution in [1.29, 1.82) is 5.26 Å². The number of hydrogen-bond donors (Lipinski definition) is 0. The molecule has 2 rings (SSSR count). The normalized spacial score (nSPS) is 15.6. The van der Waals surface area contributed by atoms with E-state index >= 15 is 0 Å². The Balaban J connectivity index is 1.94. The summed E-state index contributed by atoms with van der Waals surface area (Å²) in [5.74, 6) is 0.791. The highest BCUT2D eigenvalue weighted by atomic mass is 79.9. The topological polar surface area (TPSA) is 50.1 Å². The zero-order chi connectivity index (χ0) is 13.9. The van der Waals surface area contributed by atoms with E-state index in [0.29, 0.717) is 12.0 Å². The summed E-state index contributed by atoms with van der Waals surface area (Å²) in [5.41, 5.74) is 0.762. The molecule has 1 aromatic carbocycles. The van der Waals surface area contributed by atoms with E-state index in [1.165, 1.54) is 7.11 Å². The third kappa shape index (κ3) is 3.74. The third-order valence-corrected chi connectivity index (χ3v) is 5.31. The molecule has 0 amide bonds. The number of carbonyl (C=O) groups is 1. The van der Waals surface area contributed by atoms with Crippen LogP contribution in [0.15, 0.2) is 27.6 Å². The Kier molecular flexibility index (Phi) is 4.54. The molecule has 0 bridgehead atoms. The van der Waals surface area contributed by atoms with Crippen LogP contribution < -0.4 is 0 Å². The number of carbonyl (C=O) groups excluding carboxylic acids is 1. The lowest BCUT2D eigenvalue weighted by atomic mass is 10.1. The molecule has 3 nitrogen and oxygen atoms in total. The van der Waals surface area contributed by atoms with E-state index in [1.54, 1.807) is 11.8 Å². The fourth-order valence-corrected chi connectivity index (χ4v) is 3.69. The second-order valence-corrected chi connectivity index (χ2v) is 6.70. The molecule has 5 heteroatoms. The van der Waals surface area contributed by atoms with E-state index in [-0.39, 0.29) is 11.4 Å². The lowest BCUT2D eigenvalue weighted by molar-refractivity contribution is -0.141. The number of benzene rings is 1. The van der Waals surface area contributed by atoms with Crippen molar-refractivity contribution in [2.24, 2.45) is 5.41 Å². The van der Waals surface area contributed by atoms with Crippen LogP contribution in [0.3, 0.4) is 0 Å². The lowest BCUT2D eigenvalue weighted by Gasteiger charge is -2.13. The first-order chi connectivity index (χ1) is 9.08. The molecule has 1 aliphatic carbocycles. The molecule has 0 aliphatic heterocycles. The molecule has 0 saturated heterocycles. The summed E-state index contributed by atoms with van der Waals surface area (Å²) in [6, 6.07) is 7.84. The van der Waals surface area contributed by atoms with Gasteiger partial charge in [-0.05, 0) is 52.4 Å². The first-order valence-corrected chi connectivity index (χ1v) is 7.76. The van der Waals surface area contributed by atoms with E-state index in [1.807, 2.05) is 18.2 Å². The average molecular weight is 340 g/mol. The van der Waals surface area contributed by atoms with Crippen LogP contribution in [0.2, 0.25) is 0 Å². The van der Waals surface area contributed by atoms with E-state index in [2.05, 4.69) is 22.0 Å². The fourth-order valence-electron chi connectivity index (χ4n) is 1.84. The van der Waals surface area contributed by atoms with Gasteiger partial charge in [0.15, 0.2) is 0 Å². The van der Waals surface area contributed by atoms with Crippen LogP contribution in [0.4, 0.5) is 0 Å². The molecule has 19 heavy (non-hydrogen) atoms. The van der Waals surface area contributed by atoms with Crippen LogP contribution in [0, 0.1) is 16.7 Å². The van der Waals surface area contributed by atoms with Gasteiger partial charge in [-0.2, -0.15) is 5.26 Å². The van der Waals surface area contributed by atoms with Crippen LogP contribution in [-0.4, -0.2) is 18.8 Å². The number of nitriles is 1. The zero-order valence-electron chi connectivity index (χ0n) is 10.6. The third-order valence-electron chi connectivity index (χ3n) is 3.31. The summed E-state index contributed by atoms with van der Waals surface area (Å²) in [4.78, 5) is 12.5. The highest BCUT2D eigenvalue weighted by Crippen LogP contribution is 2.52. The first-order valence-electron chi connectivity index (χ1n) is 5.98. The van der Waals surface area contributed by atoms with Crippen molar-refractivity contribution in [2.75, 3.05) is 12.9 Å². The number of thioether (sulfide) groups is 1. The monoisotopic (exact) mass is 339 g/mol. The van der Waals surface area contributed by atoms with Crippen LogP contribution in [0.25, 0.3) is 0 Å². The molecule has 1 aromatic rings. The molecule has 0 spiro atoms. The Morgan fingerprint density at radius 2 is 2.32 bits per heavy atom. The second kappa shape index (κ2) is 5.98. The molecular formula is C14H14BrNO2S. The fraction of sp³-hybridized carbons (Fsp3) is 0.429. The Morgan fingerprint density at radius 3 is 2.84 bits per heavy atom. The summed E-state index contributed by atoms with van der Waals surface area (Å²) in [6.45, 7) is 0. The minimum atomic E-state index is -0.126. The maximum atomic E-state index is 11.3. The van der Waals surface area contributed by atoms with Gasteiger partial charge in [-0.1, -0.05) is 0 Å². The van der Waals surface area contributed by atoms with Gasteiger partial charge in [-0.25, -0.2) is 0 Å². The van der Waals surface area contributed by atoms with Gasteiger partial charge in [0.2, 0.25) is 0 Å². The summed E-state index contributed by atoms with van der Waals surface area (Å²) in [7, 11) is 1.43. The molecule has 0 unspecified atom stereocenters. The zero-order valence-corrected chi connectivity index (χ0v) is 13.0. The molecule has 1 saturated carbocycles. The molecule has 0 atom stereocenters. The molecule has 0 N–H and O–H groups in total. The van der Waals surface area contributed by atoms with Gasteiger partial charge in [-0.3, -0.25) is 4.79 Å². The predicted octanol–water partition coefficient (Wildman–Crippen LogP) is 3.76. The van der Waals surface area contributed by atoms with Crippen LogP contribution in [0.1, 0.15) is 24.8 Å². The number of esters is 1. The molecule has 0 heterocycles. The first kappa shape index (κ1) is 14.4. The van der Waals surface area contributed by atoms with Gasteiger partial charge in [0.05, 0.1) is 19.1 Å². The Labute approximate surface area is 125 Å². The van der Waals surface area contributed by atoms with E-state index in [0.717, 1.165) is 28.0 Å². The molecule has 0 aromatic heterocycles. The summed E-state index contributed by atoms with van der Waals surface area (Å²) in [6.07, 6.45) is 2.69. The Morgan fingerprint density at radius 1 is 1.58 bits per heavy atom. The van der Waals surface area contributed by atoms with Crippen molar-refractivity contribution in [2.45, 2.75) is 24.2 Å². The predicted molar refractivity (Wildman–Crippen MR) is 77.9 cm³/mol. The number of nitrogens with zero attached hydrogens (tertiary/aromatic N) is 1. The molecule has 100 valence electrons. The van der Waals surface area contributed by atoms with Crippen LogP contribution >= 0.6 is 27.7 Å². The summed E-state index contributed by atoms with van der Waals surface area (Å²) in [5, 5.41) is 8.87. The van der Waals surface area contributed by atoms with Gasteiger partial charge < -0.3 is 4.74 Å². The van der Waals surface area contributed by atoms with Gasteiger partial charge in [0, 0.05) is 15.1 Å². The minimum Gasteiger partial charge on any atom is -0.469 e. The number of rotatable bonds is 5. The maximum absolute atomic E-state index is 11.3. The Bertz CT molecular complexity index is 535. The van der Waals surface area contributed by atoms with Crippen molar-refractivity contribution < 1.29 is 9.53 Å². The molecule has 1 fully saturated rings. The van der Waals surface area contributed by atoms with Gasteiger partial charge in [-0.15, -0.1) is 11.8 Å². The smallest absolute Gasteiger partial charge is 0.306 e. The largest absolute Gasteiger partial charge is 0.469 e. The standard InChI is InChI=1S/C14H14BrNO2S/c1-18-13(17)7-14(4-5-14)9-19-11-3-2-10(8-16)12(15)6-11/h2-3,6H,4-5,7,9H2,1H3. The minimum absolute atomic E-state index is 0.123. The van der Waals surface area contributed by atoms with Gasteiger partial charge >= 0.3 is 5.97 Å².